The molecule has 134 valence electrons. The van der Waals surface area contributed by atoms with Crippen molar-refractivity contribution in [1.29, 1.82) is 0 Å². The zero-order valence-electron chi connectivity index (χ0n) is 14.5. The molecule has 0 aromatic carbocycles. The lowest BCUT2D eigenvalue weighted by atomic mass is 9.58. The Hall–Kier alpha value is -1.51. The number of amides is 1. The van der Waals surface area contributed by atoms with E-state index in [9.17, 15) is 13.2 Å². The van der Waals surface area contributed by atoms with Crippen LogP contribution in [0.2, 0.25) is 0 Å². The summed E-state index contributed by atoms with van der Waals surface area (Å²) in [5.74, 6) is -0.234. The maximum atomic E-state index is 12.7. The van der Waals surface area contributed by atoms with Crippen LogP contribution in [0.4, 0.5) is 0 Å². The molecule has 2 N–H and O–H groups in total. The molecule has 0 saturated heterocycles. The summed E-state index contributed by atoms with van der Waals surface area (Å²) in [5.41, 5.74) is 0.145. The number of pyridine rings is 1. The topological polar surface area (TPSA) is 103 Å². The highest BCUT2D eigenvalue weighted by Crippen LogP contribution is 2.51. The fraction of sp³-hybridized carbons (Fsp3) is 0.625. The van der Waals surface area contributed by atoms with Gasteiger partial charge in [0, 0.05) is 31.8 Å². The SMILES string of the molecule is CCC1(CC)C(OC)CC1N(C)C(=O)c1ccc(S(N)(=O)=O)cn1. The number of methoxy groups -OCH3 is 1. The van der Waals surface area contributed by atoms with Gasteiger partial charge < -0.3 is 9.64 Å². The molecule has 1 amide bonds. The van der Waals surface area contributed by atoms with Crippen molar-refractivity contribution in [2.24, 2.45) is 10.6 Å². The van der Waals surface area contributed by atoms with Crippen molar-refractivity contribution in [3.05, 3.63) is 24.0 Å². The first kappa shape index (κ1) is 18.8. The molecule has 2 unspecified atom stereocenters. The monoisotopic (exact) mass is 355 g/mol. The van der Waals surface area contributed by atoms with Crippen LogP contribution in [0.3, 0.4) is 0 Å². The van der Waals surface area contributed by atoms with Gasteiger partial charge >= 0.3 is 0 Å². The zero-order chi connectivity index (χ0) is 18.1. The van der Waals surface area contributed by atoms with Gasteiger partial charge in [0.2, 0.25) is 10.0 Å². The third-order valence-corrected chi connectivity index (χ3v) is 6.31. The van der Waals surface area contributed by atoms with E-state index in [1.54, 1.807) is 19.1 Å². The summed E-state index contributed by atoms with van der Waals surface area (Å²) in [6.45, 7) is 4.22. The highest BCUT2D eigenvalue weighted by atomic mass is 32.2. The van der Waals surface area contributed by atoms with Gasteiger partial charge in [0.25, 0.3) is 5.91 Å². The van der Waals surface area contributed by atoms with Crippen LogP contribution in [-0.2, 0) is 14.8 Å². The number of hydrogen-bond donors (Lipinski definition) is 1. The Bertz CT molecular complexity index is 699. The fourth-order valence-corrected chi connectivity index (χ4v) is 4.23. The van der Waals surface area contributed by atoms with Gasteiger partial charge in [-0.05, 0) is 31.4 Å². The Kier molecular flexibility index (Phi) is 5.31. The average molecular weight is 355 g/mol. The van der Waals surface area contributed by atoms with E-state index >= 15 is 0 Å². The highest BCUT2D eigenvalue weighted by Gasteiger charge is 2.55. The molecule has 1 aromatic rings. The molecule has 0 aliphatic heterocycles. The highest BCUT2D eigenvalue weighted by molar-refractivity contribution is 7.89. The van der Waals surface area contributed by atoms with E-state index in [0.29, 0.717) is 0 Å². The van der Waals surface area contributed by atoms with Gasteiger partial charge in [-0.1, -0.05) is 13.8 Å². The number of nitrogens with zero attached hydrogens (tertiary/aromatic N) is 2. The molecule has 1 aromatic heterocycles. The second-order valence-corrected chi connectivity index (χ2v) is 7.82. The van der Waals surface area contributed by atoms with E-state index in [-0.39, 0.29) is 34.1 Å². The summed E-state index contributed by atoms with van der Waals surface area (Å²) in [6, 6.07) is 2.77. The van der Waals surface area contributed by atoms with Gasteiger partial charge in [-0.2, -0.15) is 0 Å². The molecular formula is C16H25N3O4S. The number of carbonyl (C=O) groups excluding carboxylic acids is 1. The normalized spacial score (nSPS) is 22.7. The van der Waals surface area contributed by atoms with Gasteiger partial charge in [0.1, 0.15) is 10.6 Å². The van der Waals surface area contributed by atoms with Crippen molar-refractivity contribution < 1.29 is 17.9 Å². The van der Waals surface area contributed by atoms with Crippen LogP contribution < -0.4 is 5.14 Å². The Labute approximate surface area is 143 Å². The summed E-state index contributed by atoms with van der Waals surface area (Å²) in [4.78, 5) is 18.2. The molecule has 24 heavy (non-hydrogen) atoms. The van der Waals surface area contributed by atoms with Gasteiger partial charge in [-0.25, -0.2) is 18.5 Å². The third-order valence-electron chi connectivity index (χ3n) is 5.42. The molecule has 8 heteroatoms. The number of nitrogens with two attached hydrogens (primary N) is 1. The van der Waals surface area contributed by atoms with Crippen molar-refractivity contribution in [2.45, 2.75) is 50.2 Å². The lowest BCUT2D eigenvalue weighted by molar-refractivity contribution is -0.147. The molecule has 1 aliphatic rings. The van der Waals surface area contributed by atoms with E-state index < -0.39 is 10.0 Å². The fourth-order valence-electron chi connectivity index (χ4n) is 3.77. The van der Waals surface area contributed by atoms with E-state index in [0.717, 1.165) is 25.5 Å². The summed E-state index contributed by atoms with van der Waals surface area (Å²) in [6.07, 6.45) is 3.88. The minimum absolute atomic E-state index is 0.0559. The van der Waals surface area contributed by atoms with Crippen molar-refractivity contribution in [3.8, 4) is 0 Å². The average Bonchev–Trinajstić information content (AvgIpc) is 2.54. The first-order chi connectivity index (χ1) is 11.2. The van der Waals surface area contributed by atoms with Crippen LogP contribution in [0.15, 0.2) is 23.2 Å². The molecule has 1 saturated carbocycles. The molecule has 1 aliphatic carbocycles. The van der Waals surface area contributed by atoms with E-state index in [4.69, 9.17) is 9.88 Å². The molecule has 1 fully saturated rings. The second-order valence-electron chi connectivity index (χ2n) is 6.26. The summed E-state index contributed by atoms with van der Waals surface area (Å²) >= 11 is 0. The Morgan fingerprint density at radius 1 is 1.42 bits per heavy atom. The smallest absolute Gasteiger partial charge is 0.272 e. The quantitative estimate of drug-likeness (QED) is 0.831. The predicted molar refractivity (Wildman–Crippen MR) is 89.9 cm³/mol. The molecule has 1 heterocycles. The molecule has 0 bridgehead atoms. The largest absolute Gasteiger partial charge is 0.381 e. The minimum atomic E-state index is -3.82. The maximum absolute atomic E-state index is 12.7. The van der Waals surface area contributed by atoms with E-state index in [1.807, 2.05) is 0 Å². The standard InChI is InChI=1S/C16H25N3O4S/c1-5-16(6-2)13(9-14(16)23-4)19(3)15(20)12-8-7-11(10-18-12)24(17,21)22/h7-8,10,13-14H,5-6,9H2,1-4H3,(H2,17,21,22). The minimum Gasteiger partial charge on any atom is -0.381 e. The van der Waals surface area contributed by atoms with Gasteiger partial charge in [0.15, 0.2) is 0 Å². The van der Waals surface area contributed by atoms with Crippen LogP contribution in [0.1, 0.15) is 43.6 Å². The number of primary sulfonamides is 1. The summed E-state index contributed by atoms with van der Waals surface area (Å²) in [7, 11) is -0.354. The number of aromatic nitrogens is 1. The lowest BCUT2D eigenvalue weighted by Crippen LogP contribution is -2.64. The van der Waals surface area contributed by atoms with E-state index in [1.165, 1.54) is 12.1 Å². The Morgan fingerprint density at radius 2 is 2.04 bits per heavy atom. The van der Waals surface area contributed by atoms with Crippen molar-refractivity contribution in [1.82, 2.24) is 9.88 Å². The Balaban J connectivity index is 2.21. The lowest BCUT2D eigenvalue weighted by Gasteiger charge is -2.57. The second kappa shape index (κ2) is 6.78. The van der Waals surface area contributed by atoms with Crippen LogP contribution in [0.5, 0.6) is 0 Å². The van der Waals surface area contributed by atoms with Gasteiger partial charge in [0.05, 0.1) is 6.10 Å². The first-order valence-corrected chi connectivity index (χ1v) is 9.54. The van der Waals surface area contributed by atoms with Crippen LogP contribution in [-0.4, -0.2) is 50.5 Å². The van der Waals surface area contributed by atoms with Crippen LogP contribution in [0.25, 0.3) is 0 Å². The van der Waals surface area contributed by atoms with Crippen LogP contribution in [0, 0.1) is 5.41 Å². The van der Waals surface area contributed by atoms with Crippen molar-refractivity contribution in [2.75, 3.05) is 14.2 Å². The zero-order valence-corrected chi connectivity index (χ0v) is 15.3. The molecular weight excluding hydrogens is 330 g/mol. The van der Waals surface area contributed by atoms with Gasteiger partial charge in [-0.15, -0.1) is 0 Å². The molecule has 2 rings (SSSR count). The number of carbonyl (C=O) groups is 1. The molecule has 0 spiro atoms. The number of rotatable bonds is 6. The molecule has 7 nitrogen and oxygen atoms in total. The van der Waals surface area contributed by atoms with E-state index in [2.05, 4.69) is 18.8 Å². The van der Waals surface area contributed by atoms with Crippen molar-refractivity contribution >= 4 is 15.9 Å². The first-order valence-electron chi connectivity index (χ1n) is 8.00. The van der Waals surface area contributed by atoms with Crippen LogP contribution >= 0.6 is 0 Å². The predicted octanol–water partition coefficient (Wildman–Crippen LogP) is 1.39. The number of ether oxygens (including phenoxy) is 1. The molecule has 2 atom stereocenters. The van der Waals surface area contributed by atoms with Gasteiger partial charge in [-0.3, -0.25) is 4.79 Å². The van der Waals surface area contributed by atoms with Crippen molar-refractivity contribution in [3.63, 3.8) is 0 Å². The molecule has 0 radical (unpaired) electrons. The maximum Gasteiger partial charge on any atom is 0.272 e. The number of hydrogen-bond acceptors (Lipinski definition) is 5. The Morgan fingerprint density at radius 3 is 2.46 bits per heavy atom. The summed E-state index contributed by atoms with van der Waals surface area (Å²) < 4.78 is 28.1. The third kappa shape index (κ3) is 3.05. The summed E-state index contributed by atoms with van der Waals surface area (Å²) in [5, 5.41) is 5.05. The number of sulfonamides is 1.